The monoisotopic (exact) mass is 347 g/mol. The molecule has 1 N–H and O–H groups in total. The molecule has 2 rings (SSSR count). The Labute approximate surface area is 142 Å². The molecule has 0 bridgehead atoms. The second-order valence-corrected chi connectivity index (χ2v) is 8.15. The van der Waals surface area contributed by atoms with Crippen LogP contribution in [0.15, 0.2) is 53.4 Å². The van der Waals surface area contributed by atoms with Crippen molar-refractivity contribution in [1.82, 2.24) is 5.32 Å². The number of sulfone groups is 1. The Morgan fingerprint density at radius 2 is 1.62 bits per heavy atom. The first-order valence-electron chi connectivity index (χ1n) is 7.59. The predicted octanol–water partition coefficient (Wildman–Crippen LogP) is 2.81. The molecule has 0 heterocycles. The molecule has 0 aliphatic heterocycles. The fourth-order valence-corrected chi connectivity index (χ4v) is 3.16. The molecule has 128 valence electrons. The van der Waals surface area contributed by atoms with E-state index < -0.39 is 15.1 Å². The number of nitrogens with one attached hydrogen (secondary N) is 1. The van der Waals surface area contributed by atoms with Crippen molar-refractivity contribution in [1.29, 1.82) is 0 Å². The molecule has 0 saturated heterocycles. The summed E-state index contributed by atoms with van der Waals surface area (Å²) >= 11 is 0. The number of carbonyl (C=O) groups excluding carboxylic acids is 1. The molecule has 5 nitrogen and oxygen atoms in total. The summed E-state index contributed by atoms with van der Waals surface area (Å²) in [5, 5.41) is 2.31. The molecular weight excluding hydrogens is 326 g/mol. The van der Waals surface area contributed by atoms with Gasteiger partial charge in [0.25, 0.3) is 5.91 Å². The molecule has 0 aromatic heterocycles. The van der Waals surface area contributed by atoms with Gasteiger partial charge in [0, 0.05) is 12.1 Å². The molecule has 2 aromatic carbocycles. The van der Waals surface area contributed by atoms with Gasteiger partial charge in [0.15, 0.2) is 9.84 Å². The van der Waals surface area contributed by atoms with Gasteiger partial charge in [0.05, 0.1) is 17.3 Å². The van der Waals surface area contributed by atoms with Gasteiger partial charge in [-0.05, 0) is 55.8 Å². The summed E-state index contributed by atoms with van der Waals surface area (Å²) in [7, 11) is -1.73. The van der Waals surface area contributed by atoms with Crippen LogP contribution in [-0.2, 0) is 16.4 Å². The number of hydrogen-bond donors (Lipinski definition) is 1. The SMILES string of the molecule is COc1ccc(CNC(=O)c2ccc(S(=O)(=O)C(C)C)cc2)cc1. The number of rotatable bonds is 6. The molecule has 0 aliphatic carbocycles. The topological polar surface area (TPSA) is 72.5 Å². The lowest BCUT2D eigenvalue weighted by atomic mass is 10.2. The van der Waals surface area contributed by atoms with Gasteiger partial charge in [0.2, 0.25) is 0 Å². The van der Waals surface area contributed by atoms with Gasteiger partial charge in [-0.25, -0.2) is 8.42 Å². The summed E-state index contributed by atoms with van der Waals surface area (Å²) in [6.45, 7) is 3.64. The Kier molecular flexibility index (Phi) is 5.62. The van der Waals surface area contributed by atoms with Crippen LogP contribution in [0.5, 0.6) is 5.75 Å². The van der Waals surface area contributed by atoms with E-state index in [0.29, 0.717) is 12.1 Å². The van der Waals surface area contributed by atoms with Crippen LogP contribution in [0.3, 0.4) is 0 Å². The van der Waals surface area contributed by atoms with Crippen molar-refractivity contribution in [3.8, 4) is 5.75 Å². The number of hydrogen-bond acceptors (Lipinski definition) is 4. The van der Waals surface area contributed by atoms with Gasteiger partial charge < -0.3 is 10.1 Å². The molecule has 0 saturated carbocycles. The quantitative estimate of drug-likeness (QED) is 0.872. The van der Waals surface area contributed by atoms with Crippen molar-refractivity contribution in [2.75, 3.05) is 7.11 Å². The van der Waals surface area contributed by atoms with E-state index in [9.17, 15) is 13.2 Å². The zero-order chi connectivity index (χ0) is 17.7. The van der Waals surface area contributed by atoms with Crippen molar-refractivity contribution in [3.63, 3.8) is 0 Å². The van der Waals surface area contributed by atoms with Crippen molar-refractivity contribution < 1.29 is 17.9 Å². The second-order valence-electron chi connectivity index (χ2n) is 5.65. The molecule has 2 aromatic rings. The molecule has 0 unspecified atom stereocenters. The fourth-order valence-electron chi connectivity index (χ4n) is 2.10. The summed E-state index contributed by atoms with van der Waals surface area (Å²) in [4.78, 5) is 12.4. The number of ether oxygens (including phenoxy) is 1. The summed E-state index contributed by atoms with van der Waals surface area (Å²) in [6, 6.07) is 13.4. The van der Waals surface area contributed by atoms with Gasteiger partial charge in [-0.2, -0.15) is 0 Å². The van der Waals surface area contributed by atoms with E-state index in [-0.39, 0.29) is 10.8 Å². The number of benzene rings is 2. The summed E-state index contributed by atoms with van der Waals surface area (Å²) in [5.41, 5.74) is 1.37. The van der Waals surface area contributed by atoms with E-state index in [1.807, 2.05) is 24.3 Å². The standard InChI is InChI=1S/C18H21NO4S/c1-13(2)24(21,22)17-10-6-15(7-11-17)18(20)19-12-14-4-8-16(23-3)9-5-14/h4-11,13H,12H2,1-3H3,(H,19,20). The number of amides is 1. The van der Waals surface area contributed by atoms with E-state index in [1.54, 1.807) is 21.0 Å². The normalized spacial score (nSPS) is 11.3. The lowest BCUT2D eigenvalue weighted by Gasteiger charge is -2.09. The Bertz CT molecular complexity index is 794. The molecule has 0 spiro atoms. The Morgan fingerprint density at radius 1 is 1.04 bits per heavy atom. The third kappa shape index (κ3) is 4.14. The van der Waals surface area contributed by atoms with Crippen LogP contribution in [0.4, 0.5) is 0 Å². The molecular formula is C18H21NO4S. The van der Waals surface area contributed by atoms with Crippen LogP contribution in [-0.4, -0.2) is 26.7 Å². The Balaban J connectivity index is 2.02. The predicted molar refractivity (Wildman–Crippen MR) is 92.9 cm³/mol. The molecule has 0 aliphatic rings. The minimum atomic E-state index is -3.32. The van der Waals surface area contributed by atoms with Crippen molar-refractivity contribution in [3.05, 3.63) is 59.7 Å². The van der Waals surface area contributed by atoms with E-state index >= 15 is 0 Å². The van der Waals surface area contributed by atoms with Crippen LogP contribution in [0, 0.1) is 0 Å². The maximum Gasteiger partial charge on any atom is 0.251 e. The highest BCUT2D eigenvalue weighted by molar-refractivity contribution is 7.92. The van der Waals surface area contributed by atoms with Gasteiger partial charge in [-0.3, -0.25) is 4.79 Å². The van der Waals surface area contributed by atoms with E-state index in [0.717, 1.165) is 11.3 Å². The van der Waals surface area contributed by atoms with Crippen LogP contribution in [0.25, 0.3) is 0 Å². The van der Waals surface area contributed by atoms with E-state index in [2.05, 4.69) is 5.32 Å². The van der Waals surface area contributed by atoms with Crippen LogP contribution < -0.4 is 10.1 Å². The Hall–Kier alpha value is -2.34. The number of carbonyl (C=O) groups is 1. The summed E-state index contributed by atoms with van der Waals surface area (Å²) in [5.74, 6) is 0.506. The fraction of sp³-hybridized carbons (Fsp3) is 0.278. The maximum absolute atomic E-state index is 12.2. The smallest absolute Gasteiger partial charge is 0.251 e. The highest BCUT2D eigenvalue weighted by atomic mass is 32.2. The van der Waals surface area contributed by atoms with Gasteiger partial charge in [-0.1, -0.05) is 12.1 Å². The summed E-state index contributed by atoms with van der Waals surface area (Å²) in [6.07, 6.45) is 0. The molecule has 1 amide bonds. The lowest BCUT2D eigenvalue weighted by molar-refractivity contribution is 0.0951. The second kappa shape index (κ2) is 7.49. The zero-order valence-corrected chi connectivity index (χ0v) is 14.8. The van der Waals surface area contributed by atoms with Crippen LogP contribution >= 0.6 is 0 Å². The minimum absolute atomic E-state index is 0.226. The van der Waals surface area contributed by atoms with Crippen molar-refractivity contribution in [2.45, 2.75) is 30.5 Å². The van der Waals surface area contributed by atoms with Gasteiger partial charge in [-0.15, -0.1) is 0 Å². The van der Waals surface area contributed by atoms with E-state index in [4.69, 9.17) is 4.74 Å². The highest BCUT2D eigenvalue weighted by Gasteiger charge is 2.19. The first-order valence-corrected chi connectivity index (χ1v) is 9.14. The molecule has 0 radical (unpaired) electrons. The Morgan fingerprint density at radius 3 is 2.12 bits per heavy atom. The third-order valence-electron chi connectivity index (χ3n) is 3.68. The summed E-state index contributed by atoms with van der Waals surface area (Å²) < 4.78 is 29.2. The average molecular weight is 347 g/mol. The molecule has 0 fully saturated rings. The first-order chi connectivity index (χ1) is 11.3. The molecule has 0 atom stereocenters. The first kappa shape index (κ1) is 18.0. The van der Waals surface area contributed by atoms with Crippen molar-refractivity contribution >= 4 is 15.7 Å². The van der Waals surface area contributed by atoms with Crippen LogP contribution in [0.1, 0.15) is 29.8 Å². The van der Waals surface area contributed by atoms with Crippen molar-refractivity contribution in [2.24, 2.45) is 0 Å². The van der Waals surface area contributed by atoms with Gasteiger partial charge >= 0.3 is 0 Å². The molecule has 24 heavy (non-hydrogen) atoms. The minimum Gasteiger partial charge on any atom is -0.497 e. The lowest BCUT2D eigenvalue weighted by Crippen LogP contribution is -2.23. The molecule has 6 heteroatoms. The largest absolute Gasteiger partial charge is 0.497 e. The zero-order valence-electron chi connectivity index (χ0n) is 13.9. The number of methoxy groups -OCH3 is 1. The third-order valence-corrected chi connectivity index (χ3v) is 5.85. The van der Waals surface area contributed by atoms with Crippen LogP contribution in [0.2, 0.25) is 0 Å². The average Bonchev–Trinajstić information content (AvgIpc) is 2.60. The highest BCUT2D eigenvalue weighted by Crippen LogP contribution is 2.16. The maximum atomic E-state index is 12.2. The van der Waals surface area contributed by atoms with E-state index in [1.165, 1.54) is 24.3 Å². The van der Waals surface area contributed by atoms with Gasteiger partial charge in [0.1, 0.15) is 5.75 Å².